The lowest BCUT2D eigenvalue weighted by molar-refractivity contribution is 0.0968. The van der Waals surface area contributed by atoms with Gasteiger partial charge in [-0.1, -0.05) is 0 Å². The zero-order chi connectivity index (χ0) is 11.7. The number of rotatable bonds is 3. The highest BCUT2D eigenvalue weighted by Gasteiger charge is 2.20. The Morgan fingerprint density at radius 3 is 2.94 bits per heavy atom. The van der Waals surface area contributed by atoms with Gasteiger partial charge in [-0.3, -0.25) is 9.78 Å². The lowest BCUT2D eigenvalue weighted by atomic mass is 10.3. The second kappa shape index (κ2) is 3.84. The Morgan fingerprint density at radius 1 is 1.56 bits per heavy atom. The SMILES string of the molecule is CC(C)Oc1c(C(N)=O)oc2ccncc12. The van der Waals surface area contributed by atoms with E-state index >= 15 is 0 Å². The highest BCUT2D eigenvalue weighted by atomic mass is 16.5. The van der Waals surface area contributed by atoms with E-state index in [0.717, 1.165) is 0 Å². The number of aromatic nitrogens is 1. The molecule has 5 heteroatoms. The van der Waals surface area contributed by atoms with Gasteiger partial charge in [0.15, 0.2) is 5.75 Å². The van der Waals surface area contributed by atoms with Crippen LogP contribution in [-0.2, 0) is 0 Å². The van der Waals surface area contributed by atoms with Gasteiger partial charge in [-0.2, -0.15) is 0 Å². The molecule has 2 rings (SSSR count). The van der Waals surface area contributed by atoms with Gasteiger partial charge in [0, 0.05) is 12.4 Å². The molecule has 2 heterocycles. The number of nitrogens with two attached hydrogens (primary N) is 1. The van der Waals surface area contributed by atoms with Gasteiger partial charge in [-0.05, 0) is 19.9 Å². The van der Waals surface area contributed by atoms with E-state index in [4.69, 9.17) is 14.9 Å². The molecule has 2 aromatic rings. The molecule has 0 bridgehead atoms. The van der Waals surface area contributed by atoms with Gasteiger partial charge in [0.05, 0.1) is 11.5 Å². The molecule has 0 saturated carbocycles. The van der Waals surface area contributed by atoms with E-state index in [0.29, 0.717) is 16.7 Å². The molecule has 0 saturated heterocycles. The van der Waals surface area contributed by atoms with Crippen molar-refractivity contribution in [3.05, 3.63) is 24.2 Å². The van der Waals surface area contributed by atoms with Crippen molar-refractivity contribution in [1.29, 1.82) is 0 Å². The number of primary amides is 1. The summed E-state index contributed by atoms with van der Waals surface area (Å²) >= 11 is 0. The Hall–Kier alpha value is -2.04. The van der Waals surface area contributed by atoms with E-state index in [1.165, 1.54) is 0 Å². The zero-order valence-corrected chi connectivity index (χ0v) is 9.06. The molecule has 0 aliphatic heterocycles. The predicted molar refractivity (Wildman–Crippen MR) is 58.3 cm³/mol. The summed E-state index contributed by atoms with van der Waals surface area (Å²) < 4.78 is 10.8. The topological polar surface area (TPSA) is 78.4 Å². The summed E-state index contributed by atoms with van der Waals surface area (Å²) in [6.45, 7) is 3.72. The number of carbonyl (C=O) groups excluding carboxylic acids is 1. The molecule has 1 amide bonds. The third-order valence-corrected chi connectivity index (χ3v) is 2.02. The smallest absolute Gasteiger partial charge is 0.288 e. The Morgan fingerprint density at radius 2 is 2.31 bits per heavy atom. The second-order valence-electron chi connectivity index (χ2n) is 3.66. The molecule has 0 fully saturated rings. The number of carbonyl (C=O) groups is 1. The fourth-order valence-electron chi connectivity index (χ4n) is 1.43. The van der Waals surface area contributed by atoms with Gasteiger partial charge in [0.25, 0.3) is 5.91 Å². The van der Waals surface area contributed by atoms with Gasteiger partial charge in [-0.25, -0.2) is 0 Å². The number of amides is 1. The van der Waals surface area contributed by atoms with Crippen LogP contribution in [0.1, 0.15) is 24.4 Å². The fraction of sp³-hybridized carbons (Fsp3) is 0.273. The molecule has 5 nitrogen and oxygen atoms in total. The number of ether oxygens (including phenoxy) is 1. The number of fused-ring (bicyclic) bond motifs is 1. The van der Waals surface area contributed by atoms with Gasteiger partial charge < -0.3 is 14.9 Å². The summed E-state index contributed by atoms with van der Waals surface area (Å²) in [5.74, 6) is -0.242. The van der Waals surface area contributed by atoms with Gasteiger partial charge in [0.1, 0.15) is 5.58 Å². The number of furan rings is 1. The van der Waals surface area contributed by atoms with Crippen LogP contribution in [0.5, 0.6) is 5.75 Å². The third kappa shape index (κ3) is 1.71. The van der Waals surface area contributed by atoms with E-state index in [1.807, 2.05) is 13.8 Å². The van der Waals surface area contributed by atoms with Crippen molar-refractivity contribution in [1.82, 2.24) is 4.98 Å². The van der Waals surface area contributed by atoms with E-state index in [1.54, 1.807) is 18.5 Å². The highest BCUT2D eigenvalue weighted by molar-refractivity contribution is 6.00. The van der Waals surface area contributed by atoms with Crippen LogP contribution in [0.15, 0.2) is 22.9 Å². The van der Waals surface area contributed by atoms with Crippen molar-refractivity contribution < 1.29 is 13.9 Å². The summed E-state index contributed by atoms with van der Waals surface area (Å²) in [5, 5.41) is 0.657. The molecule has 0 aliphatic carbocycles. The van der Waals surface area contributed by atoms with Crippen LogP contribution in [0.4, 0.5) is 0 Å². The first-order chi connectivity index (χ1) is 7.59. The molecule has 0 unspecified atom stereocenters. The van der Waals surface area contributed by atoms with Crippen LogP contribution in [0.2, 0.25) is 0 Å². The van der Waals surface area contributed by atoms with E-state index < -0.39 is 5.91 Å². The first kappa shape index (κ1) is 10.5. The molecule has 0 aliphatic rings. The van der Waals surface area contributed by atoms with Crippen LogP contribution in [0.3, 0.4) is 0 Å². The number of hydrogen-bond donors (Lipinski definition) is 1. The molecule has 0 radical (unpaired) electrons. The zero-order valence-electron chi connectivity index (χ0n) is 9.06. The largest absolute Gasteiger partial charge is 0.486 e. The maximum atomic E-state index is 11.2. The van der Waals surface area contributed by atoms with Crippen molar-refractivity contribution in [3.63, 3.8) is 0 Å². The highest BCUT2D eigenvalue weighted by Crippen LogP contribution is 2.32. The van der Waals surface area contributed by atoms with Crippen molar-refractivity contribution in [2.75, 3.05) is 0 Å². The Balaban J connectivity index is 2.64. The van der Waals surface area contributed by atoms with Crippen molar-refractivity contribution in [2.24, 2.45) is 5.73 Å². The summed E-state index contributed by atoms with van der Waals surface area (Å²) in [7, 11) is 0. The molecular formula is C11H12N2O3. The molecule has 2 aromatic heterocycles. The average molecular weight is 220 g/mol. The standard InChI is InChI=1S/C11H12N2O3/c1-6(2)15-9-7-5-13-4-3-8(7)16-10(9)11(12)14/h3-6H,1-2H3,(H2,12,14). The maximum absolute atomic E-state index is 11.2. The third-order valence-electron chi connectivity index (χ3n) is 2.02. The molecule has 16 heavy (non-hydrogen) atoms. The van der Waals surface area contributed by atoms with Crippen LogP contribution in [0.25, 0.3) is 11.0 Å². The van der Waals surface area contributed by atoms with E-state index in [9.17, 15) is 4.79 Å². The lowest BCUT2D eigenvalue weighted by Gasteiger charge is -2.08. The van der Waals surface area contributed by atoms with E-state index in [2.05, 4.69) is 4.98 Å². The lowest BCUT2D eigenvalue weighted by Crippen LogP contribution is -2.14. The average Bonchev–Trinajstić information content (AvgIpc) is 2.57. The first-order valence-electron chi connectivity index (χ1n) is 4.92. The normalized spacial score (nSPS) is 10.9. The summed E-state index contributed by atoms with van der Waals surface area (Å²) in [6, 6.07) is 1.66. The first-order valence-corrected chi connectivity index (χ1v) is 4.92. The number of pyridine rings is 1. The molecule has 84 valence electrons. The Bertz CT molecular complexity index is 531. The van der Waals surface area contributed by atoms with Crippen LogP contribution in [0, 0.1) is 0 Å². The molecular weight excluding hydrogens is 208 g/mol. The second-order valence-corrected chi connectivity index (χ2v) is 3.66. The van der Waals surface area contributed by atoms with E-state index in [-0.39, 0.29) is 11.9 Å². The molecule has 0 aromatic carbocycles. The van der Waals surface area contributed by atoms with Crippen molar-refractivity contribution >= 4 is 16.9 Å². The van der Waals surface area contributed by atoms with Crippen LogP contribution in [-0.4, -0.2) is 17.0 Å². The fourth-order valence-corrected chi connectivity index (χ4v) is 1.43. The summed E-state index contributed by atoms with van der Waals surface area (Å²) in [5.41, 5.74) is 5.76. The number of hydrogen-bond acceptors (Lipinski definition) is 4. The minimum atomic E-state index is -0.646. The van der Waals surface area contributed by atoms with Gasteiger partial charge >= 0.3 is 0 Å². The molecule has 2 N–H and O–H groups in total. The quantitative estimate of drug-likeness (QED) is 0.854. The maximum Gasteiger partial charge on any atom is 0.288 e. The molecule has 0 atom stereocenters. The van der Waals surface area contributed by atoms with Crippen molar-refractivity contribution in [3.8, 4) is 5.75 Å². The summed E-state index contributed by atoms with van der Waals surface area (Å²) in [4.78, 5) is 15.2. The van der Waals surface area contributed by atoms with Gasteiger partial charge in [-0.15, -0.1) is 0 Å². The van der Waals surface area contributed by atoms with Crippen LogP contribution < -0.4 is 10.5 Å². The predicted octanol–water partition coefficient (Wildman–Crippen LogP) is 1.71. The van der Waals surface area contributed by atoms with Crippen LogP contribution >= 0.6 is 0 Å². The van der Waals surface area contributed by atoms with Crippen molar-refractivity contribution in [2.45, 2.75) is 20.0 Å². The monoisotopic (exact) mass is 220 g/mol. The Kier molecular flexibility index (Phi) is 2.52. The summed E-state index contributed by atoms with van der Waals surface area (Å²) in [6.07, 6.45) is 3.10. The number of nitrogens with zero attached hydrogens (tertiary/aromatic N) is 1. The minimum absolute atomic E-state index is 0.0386. The Labute approximate surface area is 92.2 Å². The van der Waals surface area contributed by atoms with Gasteiger partial charge in [0.2, 0.25) is 5.76 Å². The molecule has 0 spiro atoms. The minimum Gasteiger partial charge on any atom is -0.486 e.